The van der Waals surface area contributed by atoms with Crippen LogP contribution in [0.15, 0.2) is 5.38 Å². The van der Waals surface area contributed by atoms with Gasteiger partial charge >= 0.3 is 12.0 Å². The van der Waals surface area contributed by atoms with Gasteiger partial charge in [0.15, 0.2) is 0 Å². The number of aliphatic carboxylic acids is 1. The summed E-state index contributed by atoms with van der Waals surface area (Å²) in [5.74, 6) is -1.10. The van der Waals surface area contributed by atoms with E-state index in [1.54, 1.807) is 26.3 Å². The Bertz CT molecular complexity index is 728. The van der Waals surface area contributed by atoms with Crippen LogP contribution in [0.3, 0.4) is 0 Å². The van der Waals surface area contributed by atoms with Crippen molar-refractivity contribution in [2.75, 3.05) is 39.9 Å². The molecule has 156 valence electrons. The van der Waals surface area contributed by atoms with E-state index in [1.807, 2.05) is 0 Å². The van der Waals surface area contributed by atoms with Gasteiger partial charge in [-0.1, -0.05) is 0 Å². The maximum absolute atomic E-state index is 12.6. The first kappa shape index (κ1) is 21.0. The van der Waals surface area contributed by atoms with Crippen molar-refractivity contribution in [2.24, 2.45) is 5.92 Å². The Hall–Kier alpha value is -1.75. The lowest BCUT2D eigenvalue weighted by atomic mass is 10.1. The number of aliphatic hydroxyl groups is 1. The van der Waals surface area contributed by atoms with Gasteiger partial charge in [-0.05, 0) is 20.3 Å². The number of rotatable bonds is 7. The second-order valence-corrected chi connectivity index (χ2v) is 8.94. The summed E-state index contributed by atoms with van der Waals surface area (Å²) in [5, 5.41) is 24.8. The molecule has 1 aromatic rings. The summed E-state index contributed by atoms with van der Waals surface area (Å²) >= 11 is 1.33. The third kappa shape index (κ3) is 4.62. The summed E-state index contributed by atoms with van der Waals surface area (Å²) in [6, 6.07) is -0.440. The van der Waals surface area contributed by atoms with Crippen LogP contribution in [0.1, 0.15) is 31.0 Å². The molecular formula is C18H28N4O5S. The zero-order chi connectivity index (χ0) is 20.5. The summed E-state index contributed by atoms with van der Waals surface area (Å²) < 4.78 is 5.32. The Kier molecular flexibility index (Phi) is 5.95. The third-order valence-electron chi connectivity index (χ3n) is 5.22. The van der Waals surface area contributed by atoms with E-state index in [1.165, 1.54) is 16.2 Å². The van der Waals surface area contributed by atoms with E-state index in [0.717, 1.165) is 13.1 Å². The smallest absolute Gasteiger partial charge is 0.329 e. The van der Waals surface area contributed by atoms with Gasteiger partial charge in [0.05, 0.1) is 25.5 Å². The number of carboxylic acid groups (broad SMARTS) is 1. The lowest BCUT2D eigenvalue weighted by Crippen LogP contribution is -2.51. The normalized spacial score (nSPS) is 25.4. The van der Waals surface area contributed by atoms with Crippen molar-refractivity contribution in [3.05, 3.63) is 16.1 Å². The van der Waals surface area contributed by atoms with Crippen LogP contribution in [0, 0.1) is 5.92 Å². The largest absolute Gasteiger partial charge is 0.479 e. The molecule has 1 aliphatic heterocycles. The van der Waals surface area contributed by atoms with Gasteiger partial charge in [-0.3, -0.25) is 4.90 Å². The van der Waals surface area contributed by atoms with E-state index in [0.29, 0.717) is 36.9 Å². The quantitative estimate of drug-likeness (QED) is 0.603. The molecule has 3 rings (SSSR count). The van der Waals surface area contributed by atoms with Crippen molar-refractivity contribution in [1.29, 1.82) is 0 Å². The van der Waals surface area contributed by atoms with Crippen molar-refractivity contribution >= 4 is 23.3 Å². The number of nitrogens with one attached hydrogen (secondary N) is 1. The minimum Gasteiger partial charge on any atom is -0.479 e. The molecule has 1 aliphatic carbocycles. The van der Waals surface area contributed by atoms with Gasteiger partial charge in [0.1, 0.15) is 16.1 Å². The lowest BCUT2D eigenvalue weighted by Gasteiger charge is -2.28. The van der Waals surface area contributed by atoms with E-state index in [4.69, 9.17) is 4.74 Å². The number of carbonyl (C=O) groups is 2. The van der Waals surface area contributed by atoms with Gasteiger partial charge < -0.3 is 25.2 Å². The standard InChI is InChI=1S/C18H28N4O5S/c1-17(2,26)14-19-13(11-28-14)10-21(3)16(25)20-18(15(23)24)8-12(18)9-22-4-6-27-7-5-22/h11-12,26H,4-10H2,1-3H3,(H,20,25)(H,23,24). The number of morpholine rings is 1. The minimum atomic E-state index is -1.20. The molecular weight excluding hydrogens is 384 g/mol. The number of carboxylic acids is 1. The molecule has 1 saturated carbocycles. The maximum atomic E-state index is 12.6. The first-order chi connectivity index (χ1) is 13.1. The SMILES string of the molecule is CN(Cc1csc(C(C)(C)O)n1)C(=O)NC1(C(=O)O)CC1CN1CCOCC1. The van der Waals surface area contributed by atoms with E-state index >= 15 is 0 Å². The fraction of sp³-hybridized carbons (Fsp3) is 0.722. The molecule has 2 heterocycles. The number of thiazole rings is 1. The first-order valence-corrected chi connectivity index (χ1v) is 10.2. The fourth-order valence-electron chi connectivity index (χ4n) is 3.38. The van der Waals surface area contributed by atoms with Crippen LogP contribution in [0.2, 0.25) is 0 Å². The Morgan fingerprint density at radius 3 is 2.71 bits per heavy atom. The predicted octanol–water partition coefficient (Wildman–Crippen LogP) is 0.687. The highest BCUT2D eigenvalue weighted by Gasteiger charge is 2.62. The first-order valence-electron chi connectivity index (χ1n) is 9.36. The number of amides is 2. The van der Waals surface area contributed by atoms with Gasteiger partial charge in [0.25, 0.3) is 0 Å². The number of aromatic nitrogens is 1. The summed E-state index contributed by atoms with van der Waals surface area (Å²) in [7, 11) is 1.60. The molecule has 2 amide bonds. The molecule has 1 aromatic heterocycles. The molecule has 2 atom stereocenters. The highest BCUT2D eigenvalue weighted by molar-refractivity contribution is 7.09. The van der Waals surface area contributed by atoms with Crippen LogP contribution in [-0.2, 0) is 21.7 Å². The molecule has 2 aliphatic rings. The molecule has 3 N–H and O–H groups in total. The molecule has 2 unspecified atom stereocenters. The molecule has 1 saturated heterocycles. The van der Waals surface area contributed by atoms with Gasteiger partial charge in [-0.2, -0.15) is 0 Å². The number of carbonyl (C=O) groups excluding carboxylic acids is 1. The van der Waals surface area contributed by atoms with Crippen LogP contribution in [0.25, 0.3) is 0 Å². The summed E-state index contributed by atoms with van der Waals surface area (Å²) in [4.78, 5) is 32.4. The zero-order valence-corrected chi connectivity index (χ0v) is 17.3. The Balaban J connectivity index is 1.57. The zero-order valence-electron chi connectivity index (χ0n) is 16.5. The highest BCUT2D eigenvalue weighted by atomic mass is 32.1. The molecule has 0 radical (unpaired) electrons. The average Bonchev–Trinajstić information content (AvgIpc) is 3.09. The molecule has 0 spiro atoms. The van der Waals surface area contributed by atoms with Crippen molar-refractivity contribution in [1.82, 2.24) is 20.1 Å². The Labute approximate surface area is 168 Å². The maximum Gasteiger partial charge on any atom is 0.329 e. The number of hydrogen-bond acceptors (Lipinski definition) is 7. The predicted molar refractivity (Wildman–Crippen MR) is 103 cm³/mol. The van der Waals surface area contributed by atoms with E-state index in [-0.39, 0.29) is 12.5 Å². The van der Waals surface area contributed by atoms with Gasteiger partial charge in [-0.15, -0.1) is 11.3 Å². The number of urea groups is 1. The van der Waals surface area contributed by atoms with Gasteiger partial charge in [0.2, 0.25) is 0 Å². The fourth-order valence-corrected chi connectivity index (χ4v) is 4.21. The number of hydrogen-bond donors (Lipinski definition) is 3. The lowest BCUT2D eigenvalue weighted by molar-refractivity contribution is -0.141. The molecule has 2 fully saturated rings. The van der Waals surface area contributed by atoms with E-state index in [9.17, 15) is 19.8 Å². The monoisotopic (exact) mass is 412 g/mol. The van der Waals surface area contributed by atoms with E-state index < -0.39 is 23.1 Å². The van der Waals surface area contributed by atoms with Crippen molar-refractivity contribution < 1.29 is 24.5 Å². The van der Waals surface area contributed by atoms with Gasteiger partial charge in [0, 0.05) is 38.0 Å². The van der Waals surface area contributed by atoms with Crippen molar-refractivity contribution in [3.8, 4) is 0 Å². The van der Waals surface area contributed by atoms with Crippen LogP contribution in [0.4, 0.5) is 4.79 Å². The molecule has 0 bridgehead atoms. The number of nitrogens with zero attached hydrogens (tertiary/aromatic N) is 3. The number of ether oxygens (including phenoxy) is 1. The van der Waals surface area contributed by atoms with E-state index in [2.05, 4.69) is 15.2 Å². The van der Waals surface area contributed by atoms with Crippen LogP contribution in [0.5, 0.6) is 0 Å². The highest BCUT2D eigenvalue weighted by Crippen LogP contribution is 2.44. The van der Waals surface area contributed by atoms with Crippen LogP contribution >= 0.6 is 11.3 Å². The average molecular weight is 413 g/mol. The summed E-state index contributed by atoms with van der Waals surface area (Å²) in [6.45, 7) is 7.07. The Morgan fingerprint density at radius 2 is 2.14 bits per heavy atom. The second-order valence-electron chi connectivity index (χ2n) is 8.08. The van der Waals surface area contributed by atoms with Crippen LogP contribution in [-0.4, -0.2) is 82.4 Å². The van der Waals surface area contributed by atoms with Gasteiger partial charge in [-0.25, -0.2) is 14.6 Å². The second kappa shape index (κ2) is 7.94. The van der Waals surface area contributed by atoms with Crippen molar-refractivity contribution in [3.63, 3.8) is 0 Å². The van der Waals surface area contributed by atoms with Crippen LogP contribution < -0.4 is 5.32 Å². The summed E-state index contributed by atoms with van der Waals surface area (Å²) in [5.41, 5.74) is -1.58. The molecule has 28 heavy (non-hydrogen) atoms. The summed E-state index contributed by atoms with van der Waals surface area (Å²) in [6.07, 6.45) is 0.429. The topological polar surface area (TPSA) is 115 Å². The third-order valence-corrected chi connectivity index (χ3v) is 6.42. The van der Waals surface area contributed by atoms with Crippen molar-refractivity contribution in [2.45, 2.75) is 38.0 Å². The Morgan fingerprint density at radius 1 is 1.46 bits per heavy atom. The molecule has 0 aromatic carbocycles. The molecule has 9 nitrogen and oxygen atoms in total. The molecule has 10 heteroatoms. The minimum absolute atomic E-state index is 0.110.